The summed E-state index contributed by atoms with van der Waals surface area (Å²) in [6.45, 7) is 0. The molecule has 1 aliphatic carbocycles. The zero-order valence-corrected chi connectivity index (χ0v) is 24.2. The van der Waals surface area contributed by atoms with Gasteiger partial charge in [-0.2, -0.15) is 5.26 Å². The second-order valence-corrected chi connectivity index (χ2v) is 12.8. The van der Waals surface area contributed by atoms with Crippen molar-refractivity contribution in [1.29, 1.82) is 5.26 Å². The molecule has 1 saturated carbocycles. The maximum absolute atomic E-state index is 14.6. The van der Waals surface area contributed by atoms with Gasteiger partial charge in [0.1, 0.15) is 23.7 Å². The molecule has 2 fully saturated rings. The Labute approximate surface area is 249 Å². The third kappa shape index (κ3) is 6.10. The zero-order valence-electron chi connectivity index (χ0n) is 22.6. The summed E-state index contributed by atoms with van der Waals surface area (Å²) in [5, 5.41) is 12.7. The van der Waals surface area contributed by atoms with Crippen molar-refractivity contribution < 1.29 is 22.4 Å². The summed E-state index contributed by atoms with van der Waals surface area (Å²) in [5.74, 6) is -2.36. The molecule has 0 spiro atoms. The van der Waals surface area contributed by atoms with Crippen molar-refractivity contribution in [2.75, 3.05) is 15.0 Å². The van der Waals surface area contributed by atoms with Crippen LogP contribution in [0, 0.1) is 17.1 Å². The van der Waals surface area contributed by atoms with E-state index < -0.39 is 39.7 Å². The number of nitriles is 1. The number of carbonyl (C=O) groups excluding carboxylic acids is 2. The maximum Gasteiger partial charge on any atom is 0.252 e. The molecule has 2 atom stereocenters. The van der Waals surface area contributed by atoms with Crippen LogP contribution in [0.4, 0.5) is 15.9 Å². The largest absolute Gasteiger partial charge is 0.351 e. The molecule has 2 aromatic carbocycles. The number of hydrogen-bond acceptors (Lipinski definition) is 6. The monoisotopic (exact) mass is 609 g/mol. The van der Waals surface area contributed by atoms with Gasteiger partial charge in [-0.3, -0.25) is 14.5 Å². The van der Waals surface area contributed by atoms with E-state index in [1.54, 1.807) is 24.3 Å². The lowest BCUT2D eigenvalue weighted by Crippen LogP contribution is -2.53. The van der Waals surface area contributed by atoms with Crippen molar-refractivity contribution in [1.82, 2.24) is 10.3 Å². The van der Waals surface area contributed by atoms with Gasteiger partial charge < -0.3 is 5.32 Å². The molecule has 2 aliphatic rings. The average molecular weight is 610 g/mol. The highest BCUT2D eigenvalue weighted by Gasteiger charge is 2.47. The predicted molar refractivity (Wildman–Crippen MR) is 157 cm³/mol. The van der Waals surface area contributed by atoms with Crippen LogP contribution in [0.1, 0.15) is 55.7 Å². The Hall–Kier alpha value is -4.01. The number of pyridine rings is 1. The first-order chi connectivity index (χ1) is 20.2. The molecule has 3 aromatic rings. The molecule has 2 heterocycles. The third-order valence-electron chi connectivity index (χ3n) is 7.60. The number of amides is 2. The van der Waals surface area contributed by atoms with Gasteiger partial charge in [-0.05, 0) is 55.7 Å². The van der Waals surface area contributed by atoms with Crippen LogP contribution >= 0.6 is 11.6 Å². The lowest BCUT2D eigenvalue weighted by molar-refractivity contribution is -0.127. The summed E-state index contributed by atoms with van der Waals surface area (Å²) in [6, 6.07) is 13.7. The number of nitrogens with zero attached hydrogens (tertiary/aromatic N) is 4. The molecule has 42 heavy (non-hydrogen) atoms. The van der Waals surface area contributed by atoms with Gasteiger partial charge in [-0.1, -0.05) is 55.1 Å². The standard InChI is InChI=1S/C30H29ClFN5O4S/c31-25-12-5-4-11-24(25)28(29(38)35-22-8-2-1-3-9-22)36(23-10-6-7-21(32)18-23)30(39)26-14-16-42(40,41)37(26)27-17-20(19-33)13-15-34-27/h4-7,10-13,15,17-18,22,26,28H,1-3,8-9,14,16H2,(H,35,38)/t26-,28+/m0/s1. The molecule has 9 nitrogen and oxygen atoms in total. The van der Waals surface area contributed by atoms with Crippen LogP contribution in [0.15, 0.2) is 66.9 Å². The second-order valence-electron chi connectivity index (χ2n) is 10.4. The van der Waals surface area contributed by atoms with Gasteiger partial charge in [-0.25, -0.2) is 22.1 Å². The van der Waals surface area contributed by atoms with Crippen LogP contribution in [-0.4, -0.2) is 43.1 Å². The van der Waals surface area contributed by atoms with Crippen LogP contribution in [-0.2, 0) is 19.6 Å². The van der Waals surface area contributed by atoms with Gasteiger partial charge in [0.2, 0.25) is 15.9 Å². The number of aromatic nitrogens is 1. The summed E-state index contributed by atoms with van der Waals surface area (Å²) in [6.07, 6.45) is 5.73. The Morgan fingerprint density at radius 1 is 1.07 bits per heavy atom. The first-order valence-electron chi connectivity index (χ1n) is 13.7. The SMILES string of the molecule is N#Cc1ccnc(N2[C@H](C(=O)N(c3cccc(F)c3)[C@@H](C(=O)NC3CCCCC3)c3ccccc3Cl)CCS2(=O)=O)c1. The molecule has 0 bridgehead atoms. The molecule has 218 valence electrons. The normalized spacial score (nSPS) is 19.1. The van der Waals surface area contributed by atoms with E-state index >= 15 is 0 Å². The van der Waals surface area contributed by atoms with E-state index in [1.807, 2.05) is 6.07 Å². The number of halogens is 2. The van der Waals surface area contributed by atoms with Crippen LogP contribution in [0.2, 0.25) is 5.02 Å². The summed E-state index contributed by atoms with van der Waals surface area (Å²) < 4.78 is 42.0. The van der Waals surface area contributed by atoms with Crippen molar-refractivity contribution in [2.24, 2.45) is 0 Å². The quantitative estimate of drug-likeness (QED) is 0.407. The number of sulfonamides is 1. The minimum atomic E-state index is -4.01. The van der Waals surface area contributed by atoms with Crippen LogP contribution in [0.3, 0.4) is 0 Å². The molecule has 1 saturated heterocycles. The van der Waals surface area contributed by atoms with Crippen molar-refractivity contribution in [3.63, 3.8) is 0 Å². The van der Waals surface area contributed by atoms with E-state index in [9.17, 15) is 27.7 Å². The highest BCUT2D eigenvalue weighted by Crippen LogP contribution is 2.37. The first-order valence-corrected chi connectivity index (χ1v) is 15.7. The zero-order chi connectivity index (χ0) is 29.9. The first kappa shape index (κ1) is 29.5. The number of anilines is 2. The Morgan fingerprint density at radius 3 is 2.55 bits per heavy atom. The van der Waals surface area contributed by atoms with Gasteiger partial charge in [-0.15, -0.1) is 0 Å². The topological polar surface area (TPSA) is 123 Å². The van der Waals surface area contributed by atoms with Crippen LogP contribution in [0.25, 0.3) is 0 Å². The Bertz CT molecular complexity index is 1640. The van der Waals surface area contributed by atoms with E-state index in [-0.39, 0.29) is 40.3 Å². The van der Waals surface area contributed by atoms with Gasteiger partial charge in [0.15, 0.2) is 0 Å². The number of benzene rings is 2. The molecule has 1 aliphatic heterocycles. The molecular weight excluding hydrogens is 581 g/mol. The van der Waals surface area contributed by atoms with E-state index in [0.717, 1.165) is 47.4 Å². The fourth-order valence-corrected chi connectivity index (χ4v) is 7.54. The number of carbonyl (C=O) groups is 2. The van der Waals surface area contributed by atoms with Crippen molar-refractivity contribution in [2.45, 2.75) is 56.7 Å². The Kier molecular flexibility index (Phi) is 8.75. The van der Waals surface area contributed by atoms with Crippen LogP contribution in [0.5, 0.6) is 0 Å². The summed E-state index contributed by atoms with van der Waals surface area (Å²) in [5.41, 5.74) is 0.532. The molecule has 1 aromatic heterocycles. The number of nitrogens with one attached hydrogen (secondary N) is 1. The Balaban J connectivity index is 1.64. The second kappa shape index (κ2) is 12.5. The summed E-state index contributed by atoms with van der Waals surface area (Å²) in [7, 11) is -4.01. The summed E-state index contributed by atoms with van der Waals surface area (Å²) in [4.78, 5) is 34.0. The molecule has 1 N–H and O–H groups in total. The van der Waals surface area contributed by atoms with Crippen LogP contribution < -0.4 is 14.5 Å². The van der Waals surface area contributed by atoms with E-state index in [4.69, 9.17) is 11.6 Å². The van der Waals surface area contributed by atoms with E-state index in [0.29, 0.717) is 5.56 Å². The van der Waals surface area contributed by atoms with E-state index in [2.05, 4.69) is 10.3 Å². The molecule has 2 amide bonds. The minimum absolute atomic E-state index is 0.0618. The van der Waals surface area contributed by atoms with Crippen molar-refractivity contribution in [3.8, 4) is 6.07 Å². The van der Waals surface area contributed by atoms with Gasteiger partial charge >= 0.3 is 0 Å². The maximum atomic E-state index is 14.6. The average Bonchev–Trinajstić information content (AvgIpc) is 3.31. The van der Waals surface area contributed by atoms with Crippen molar-refractivity contribution in [3.05, 3.63) is 88.8 Å². The predicted octanol–water partition coefficient (Wildman–Crippen LogP) is 4.88. The minimum Gasteiger partial charge on any atom is -0.351 e. The highest BCUT2D eigenvalue weighted by atomic mass is 35.5. The molecular formula is C30H29ClFN5O4S. The fraction of sp³-hybridized carbons (Fsp3) is 0.333. The lowest BCUT2D eigenvalue weighted by Gasteiger charge is -2.36. The highest BCUT2D eigenvalue weighted by molar-refractivity contribution is 7.93. The third-order valence-corrected chi connectivity index (χ3v) is 9.74. The molecule has 12 heteroatoms. The fourth-order valence-electron chi connectivity index (χ4n) is 5.62. The number of hydrogen-bond donors (Lipinski definition) is 1. The molecule has 0 unspecified atom stereocenters. The molecule has 0 radical (unpaired) electrons. The smallest absolute Gasteiger partial charge is 0.252 e. The van der Waals surface area contributed by atoms with Gasteiger partial charge in [0.05, 0.1) is 17.4 Å². The summed E-state index contributed by atoms with van der Waals surface area (Å²) >= 11 is 6.60. The lowest BCUT2D eigenvalue weighted by atomic mass is 9.94. The van der Waals surface area contributed by atoms with Gasteiger partial charge in [0, 0.05) is 28.5 Å². The Morgan fingerprint density at radius 2 is 1.83 bits per heavy atom. The number of rotatable bonds is 7. The van der Waals surface area contributed by atoms with Crippen molar-refractivity contribution >= 4 is 44.9 Å². The van der Waals surface area contributed by atoms with E-state index in [1.165, 1.54) is 36.5 Å². The van der Waals surface area contributed by atoms with Gasteiger partial charge in [0.25, 0.3) is 5.91 Å². The molecule has 5 rings (SSSR count).